The maximum absolute atomic E-state index is 11.9. The molecule has 0 heterocycles. The van der Waals surface area contributed by atoms with Crippen LogP contribution in [0.2, 0.25) is 5.02 Å². The summed E-state index contributed by atoms with van der Waals surface area (Å²) in [6.45, 7) is 2.03. The van der Waals surface area contributed by atoms with E-state index in [4.69, 9.17) is 16.9 Å². The smallest absolute Gasteiger partial charge is 0.154 e. The molecule has 0 saturated carbocycles. The molecule has 1 aromatic carbocycles. The van der Waals surface area contributed by atoms with E-state index in [0.717, 1.165) is 12.8 Å². The van der Waals surface area contributed by atoms with Gasteiger partial charge >= 0.3 is 0 Å². The van der Waals surface area contributed by atoms with E-state index in [2.05, 4.69) is 0 Å². The second-order valence-corrected chi connectivity index (χ2v) is 6.81. The number of benzene rings is 1. The quantitative estimate of drug-likeness (QED) is 0.753. The molecule has 0 saturated heterocycles. The lowest BCUT2D eigenvalue weighted by Gasteiger charge is -2.06. The molecule has 0 aliphatic carbocycles. The lowest BCUT2D eigenvalue weighted by Crippen LogP contribution is -2.09. The lowest BCUT2D eigenvalue weighted by atomic mass is 10.2. The minimum atomic E-state index is -3.12. The summed E-state index contributed by atoms with van der Waals surface area (Å²) in [7, 11) is -3.12. The normalized spacial score (nSPS) is 11.2. The van der Waals surface area contributed by atoms with Crippen molar-refractivity contribution in [3.8, 4) is 6.07 Å². The summed E-state index contributed by atoms with van der Waals surface area (Å²) >= 11 is 5.96. The number of hydrogen-bond donors (Lipinski definition) is 0. The SMILES string of the molecule is CCCCCS(=O)(=O)Cc1ccc(C#N)cc1Cl. The lowest BCUT2D eigenvalue weighted by molar-refractivity contribution is 0.590. The molecule has 1 aromatic rings. The Hall–Kier alpha value is -1.05. The molecule has 0 atom stereocenters. The highest BCUT2D eigenvalue weighted by molar-refractivity contribution is 7.90. The molecule has 0 aliphatic heterocycles. The van der Waals surface area contributed by atoms with Gasteiger partial charge in [-0.25, -0.2) is 8.42 Å². The first-order chi connectivity index (χ1) is 8.48. The predicted octanol–water partition coefficient (Wildman–Crippen LogP) is 3.32. The molecule has 1 rings (SSSR count). The van der Waals surface area contributed by atoms with Crippen LogP contribution < -0.4 is 0 Å². The molecule has 0 spiro atoms. The van der Waals surface area contributed by atoms with Gasteiger partial charge in [0.15, 0.2) is 9.84 Å². The van der Waals surface area contributed by atoms with Gasteiger partial charge in [0.1, 0.15) is 0 Å². The van der Waals surface area contributed by atoms with Crippen LogP contribution in [0.3, 0.4) is 0 Å². The average molecular weight is 286 g/mol. The van der Waals surface area contributed by atoms with Gasteiger partial charge in [-0.1, -0.05) is 37.4 Å². The Morgan fingerprint density at radius 3 is 2.61 bits per heavy atom. The van der Waals surface area contributed by atoms with Gasteiger partial charge in [0.2, 0.25) is 0 Å². The standard InChI is InChI=1S/C13H16ClNO2S/c1-2-3-4-7-18(16,17)10-12-6-5-11(9-15)8-13(12)14/h5-6,8H,2-4,7,10H2,1H3. The third kappa shape index (κ3) is 4.67. The summed E-state index contributed by atoms with van der Waals surface area (Å²) in [6, 6.07) is 6.66. The highest BCUT2D eigenvalue weighted by Gasteiger charge is 2.14. The van der Waals surface area contributed by atoms with Crippen LogP contribution >= 0.6 is 11.6 Å². The van der Waals surface area contributed by atoms with Crippen LogP contribution in [-0.2, 0) is 15.6 Å². The zero-order valence-electron chi connectivity index (χ0n) is 10.3. The minimum Gasteiger partial charge on any atom is -0.228 e. The van der Waals surface area contributed by atoms with Crippen molar-refractivity contribution in [1.29, 1.82) is 5.26 Å². The topological polar surface area (TPSA) is 57.9 Å². The fourth-order valence-corrected chi connectivity index (χ4v) is 3.46. The molecule has 0 N–H and O–H groups in total. The molecule has 0 fully saturated rings. The van der Waals surface area contributed by atoms with E-state index >= 15 is 0 Å². The van der Waals surface area contributed by atoms with Crippen LogP contribution in [0.4, 0.5) is 0 Å². The number of unbranched alkanes of at least 4 members (excludes halogenated alkanes) is 2. The molecule has 0 unspecified atom stereocenters. The highest BCUT2D eigenvalue weighted by Crippen LogP contribution is 2.20. The largest absolute Gasteiger partial charge is 0.228 e. The first kappa shape index (κ1) is 15.0. The molecule has 3 nitrogen and oxygen atoms in total. The molecule has 0 bridgehead atoms. The number of sulfone groups is 1. The third-order valence-electron chi connectivity index (χ3n) is 2.62. The van der Waals surface area contributed by atoms with E-state index in [-0.39, 0.29) is 11.5 Å². The van der Waals surface area contributed by atoms with Gasteiger partial charge in [-0.2, -0.15) is 5.26 Å². The van der Waals surface area contributed by atoms with E-state index in [1.807, 2.05) is 13.0 Å². The van der Waals surface area contributed by atoms with E-state index in [1.165, 1.54) is 6.07 Å². The van der Waals surface area contributed by atoms with Crippen LogP contribution in [-0.4, -0.2) is 14.2 Å². The highest BCUT2D eigenvalue weighted by atomic mass is 35.5. The van der Waals surface area contributed by atoms with Crippen molar-refractivity contribution in [3.05, 3.63) is 34.3 Å². The van der Waals surface area contributed by atoms with Gasteiger partial charge in [-0.3, -0.25) is 0 Å². The molecular formula is C13H16ClNO2S. The van der Waals surface area contributed by atoms with Crippen LogP contribution in [0.5, 0.6) is 0 Å². The van der Waals surface area contributed by atoms with E-state index in [0.29, 0.717) is 22.6 Å². The van der Waals surface area contributed by atoms with Gasteiger partial charge in [-0.15, -0.1) is 0 Å². The summed E-state index contributed by atoms with van der Waals surface area (Å²) in [4.78, 5) is 0. The number of halogens is 1. The Kier molecular flexibility index (Phi) is 5.64. The van der Waals surface area contributed by atoms with Crippen molar-refractivity contribution < 1.29 is 8.42 Å². The predicted molar refractivity (Wildman–Crippen MR) is 73.2 cm³/mol. The molecule has 0 aliphatic rings. The van der Waals surface area contributed by atoms with Gasteiger partial charge < -0.3 is 0 Å². The summed E-state index contributed by atoms with van der Waals surface area (Å²) in [5.74, 6) is 0.137. The monoisotopic (exact) mass is 285 g/mol. The van der Waals surface area contributed by atoms with Crippen LogP contribution in [0.1, 0.15) is 37.3 Å². The molecule has 5 heteroatoms. The fraction of sp³-hybridized carbons (Fsp3) is 0.462. The number of nitriles is 1. The van der Waals surface area contributed by atoms with Gasteiger partial charge in [0, 0.05) is 5.02 Å². The van der Waals surface area contributed by atoms with Crippen LogP contribution in [0, 0.1) is 11.3 Å². The summed E-state index contributed by atoms with van der Waals surface area (Å²) in [5, 5.41) is 9.04. The summed E-state index contributed by atoms with van der Waals surface area (Å²) in [6.07, 6.45) is 2.60. The Labute approximate surface area is 113 Å². The first-order valence-electron chi connectivity index (χ1n) is 5.87. The first-order valence-corrected chi connectivity index (χ1v) is 8.07. The van der Waals surface area contributed by atoms with Crippen molar-refractivity contribution in [3.63, 3.8) is 0 Å². The fourth-order valence-electron chi connectivity index (χ4n) is 1.61. The minimum absolute atomic E-state index is 0.0543. The zero-order valence-corrected chi connectivity index (χ0v) is 11.9. The van der Waals surface area contributed by atoms with Crippen molar-refractivity contribution >= 4 is 21.4 Å². The Morgan fingerprint density at radius 2 is 2.06 bits per heavy atom. The molecule has 0 radical (unpaired) electrons. The number of nitrogens with zero attached hydrogens (tertiary/aromatic N) is 1. The number of rotatable bonds is 6. The van der Waals surface area contributed by atoms with Crippen molar-refractivity contribution in [2.24, 2.45) is 0 Å². The number of hydrogen-bond acceptors (Lipinski definition) is 3. The van der Waals surface area contributed by atoms with E-state index in [9.17, 15) is 8.42 Å². The third-order valence-corrected chi connectivity index (χ3v) is 4.63. The van der Waals surface area contributed by atoms with Crippen molar-refractivity contribution in [2.75, 3.05) is 5.75 Å². The van der Waals surface area contributed by atoms with Gasteiger partial charge in [0.25, 0.3) is 0 Å². The molecule has 0 aromatic heterocycles. The Morgan fingerprint density at radius 1 is 1.33 bits per heavy atom. The molecular weight excluding hydrogens is 270 g/mol. The molecule has 18 heavy (non-hydrogen) atoms. The van der Waals surface area contributed by atoms with Crippen LogP contribution in [0.15, 0.2) is 18.2 Å². The Balaban J connectivity index is 2.75. The maximum atomic E-state index is 11.9. The maximum Gasteiger partial charge on any atom is 0.154 e. The average Bonchev–Trinajstić information content (AvgIpc) is 2.31. The molecule has 0 amide bonds. The second-order valence-electron chi connectivity index (χ2n) is 4.22. The second kappa shape index (κ2) is 6.77. The van der Waals surface area contributed by atoms with Crippen LogP contribution in [0.25, 0.3) is 0 Å². The van der Waals surface area contributed by atoms with Crippen molar-refractivity contribution in [1.82, 2.24) is 0 Å². The summed E-state index contributed by atoms with van der Waals surface area (Å²) < 4.78 is 23.7. The van der Waals surface area contributed by atoms with Gasteiger partial charge in [-0.05, 0) is 24.1 Å². The Bertz CT molecular complexity index is 547. The zero-order chi connectivity index (χ0) is 13.6. The van der Waals surface area contributed by atoms with E-state index in [1.54, 1.807) is 12.1 Å². The molecule has 98 valence electrons. The van der Waals surface area contributed by atoms with E-state index < -0.39 is 9.84 Å². The van der Waals surface area contributed by atoms with Gasteiger partial charge in [0.05, 0.1) is 23.1 Å². The summed E-state index contributed by atoms with van der Waals surface area (Å²) in [5.41, 5.74) is 0.999. The van der Waals surface area contributed by atoms with Crippen molar-refractivity contribution in [2.45, 2.75) is 31.9 Å².